The number of carbonyl (C=O) groups excluding carboxylic acids is 4. The zero-order valence-corrected chi connectivity index (χ0v) is 11.4. The summed E-state index contributed by atoms with van der Waals surface area (Å²) in [6, 6.07) is 0. The third-order valence-corrected chi connectivity index (χ3v) is 3.38. The molecule has 0 atom stereocenters. The minimum absolute atomic E-state index is 0.185. The first kappa shape index (κ1) is 14.1. The third-order valence-electron chi connectivity index (χ3n) is 3.38. The van der Waals surface area contributed by atoms with E-state index in [9.17, 15) is 19.2 Å². The summed E-state index contributed by atoms with van der Waals surface area (Å²) in [5.74, 6) is -0.779. The van der Waals surface area contributed by atoms with E-state index in [4.69, 9.17) is 0 Å². The van der Waals surface area contributed by atoms with Gasteiger partial charge in [-0.15, -0.1) is 0 Å². The second kappa shape index (κ2) is 5.33. The topological polar surface area (TPSA) is 68.3 Å². The first-order valence-corrected chi connectivity index (χ1v) is 6.33. The van der Waals surface area contributed by atoms with Crippen LogP contribution in [-0.4, -0.2) is 23.1 Å². The molecular weight excluding hydrogens is 256 g/mol. The fourth-order valence-corrected chi connectivity index (χ4v) is 2.07. The van der Waals surface area contributed by atoms with E-state index < -0.39 is 0 Å². The number of allylic oxidation sites excluding steroid dienone is 8. The predicted molar refractivity (Wildman–Crippen MR) is 72.9 cm³/mol. The highest BCUT2D eigenvalue weighted by atomic mass is 16.1. The van der Waals surface area contributed by atoms with E-state index >= 15 is 0 Å². The molecule has 2 rings (SSSR count). The van der Waals surface area contributed by atoms with Crippen LogP contribution < -0.4 is 0 Å². The van der Waals surface area contributed by atoms with Gasteiger partial charge in [-0.2, -0.15) is 0 Å². The number of ketones is 4. The maximum Gasteiger partial charge on any atom is 0.182 e. The van der Waals surface area contributed by atoms with E-state index in [-0.39, 0.29) is 36.0 Å². The van der Waals surface area contributed by atoms with Crippen LogP contribution in [0.25, 0.3) is 0 Å². The van der Waals surface area contributed by atoms with Crippen molar-refractivity contribution in [1.82, 2.24) is 0 Å². The fraction of sp³-hybridized carbons (Fsp3) is 0.250. The molecule has 0 amide bonds. The SMILES string of the molecule is CC1=CC(=O)C(CCC2=CC(=O)C(C)=CC2=O)=CC1=O. The van der Waals surface area contributed by atoms with Crippen LogP contribution in [0.1, 0.15) is 26.7 Å². The van der Waals surface area contributed by atoms with E-state index in [1.807, 2.05) is 0 Å². The molecule has 2 aliphatic rings. The van der Waals surface area contributed by atoms with E-state index in [2.05, 4.69) is 0 Å². The number of hydrogen-bond acceptors (Lipinski definition) is 4. The van der Waals surface area contributed by atoms with E-state index in [0.717, 1.165) is 0 Å². The molecule has 0 aromatic heterocycles. The highest BCUT2D eigenvalue weighted by Crippen LogP contribution is 2.21. The van der Waals surface area contributed by atoms with Gasteiger partial charge in [0.1, 0.15) is 0 Å². The molecule has 0 unspecified atom stereocenters. The maximum atomic E-state index is 11.7. The molecule has 0 saturated heterocycles. The zero-order valence-electron chi connectivity index (χ0n) is 11.4. The minimum atomic E-state index is -0.205. The van der Waals surface area contributed by atoms with Gasteiger partial charge in [-0.25, -0.2) is 0 Å². The molecule has 0 spiro atoms. The van der Waals surface area contributed by atoms with Crippen LogP contribution in [-0.2, 0) is 19.2 Å². The molecule has 4 nitrogen and oxygen atoms in total. The summed E-state index contributed by atoms with van der Waals surface area (Å²) >= 11 is 0. The Balaban J connectivity index is 2.07. The highest BCUT2D eigenvalue weighted by molar-refractivity contribution is 6.21. The number of hydrogen-bond donors (Lipinski definition) is 0. The summed E-state index contributed by atoms with van der Waals surface area (Å²) in [7, 11) is 0. The summed E-state index contributed by atoms with van der Waals surface area (Å²) in [5, 5.41) is 0. The molecule has 0 N–H and O–H groups in total. The molecule has 0 aliphatic heterocycles. The van der Waals surface area contributed by atoms with Gasteiger partial charge in [0.2, 0.25) is 0 Å². The molecular formula is C16H14O4. The lowest BCUT2D eigenvalue weighted by atomic mass is 9.90. The summed E-state index contributed by atoms with van der Waals surface area (Å²) in [6.45, 7) is 3.18. The average Bonchev–Trinajstić information content (AvgIpc) is 2.37. The van der Waals surface area contributed by atoms with Gasteiger partial charge in [-0.3, -0.25) is 19.2 Å². The van der Waals surface area contributed by atoms with Crippen molar-refractivity contribution >= 4 is 23.1 Å². The first-order valence-electron chi connectivity index (χ1n) is 6.33. The minimum Gasteiger partial charge on any atom is -0.290 e. The Bertz CT molecular complexity index is 596. The Hall–Kier alpha value is -2.36. The van der Waals surface area contributed by atoms with Crippen molar-refractivity contribution in [3.05, 3.63) is 46.6 Å². The lowest BCUT2D eigenvalue weighted by Crippen LogP contribution is -2.14. The maximum absolute atomic E-state index is 11.7. The van der Waals surface area contributed by atoms with Gasteiger partial charge in [-0.1, -0.05) is 0 Å². The van der Waals surface area contributed by atoms with Gasteiger partial charge in [0.05, 0.1) is 0 Å². The molecule has 0 aromatic rings. The Morgan fingerprint density at radius 2 is 0.950 bits per heavy atom. The average molecular weight is 270 g/mol. The number of rotatable bonds is 3. The molecule has 0 saturated carbocycles. The summed E-state index contributed by atoms with van der Waals surface area (Å²) < 4.78 is 0. The summed E-state index contributed by atoms with van der Waals surface area (Å²) in [4.78, 5) is 46.5. The Labute approximate surface area is 116 Å². The van der Waals surface area contributed by atoms with Crippen LogP contribution in [0.3, 0.4) is 0 Å². The smallest absolute Gasteiger partial charge is 0.182 e. The summed E-state index contributed by atoms with van der Waals surface area (Å²) in [5.41, 5.74) is 1.60. The van der Waals surface area contributed by atoms with Gasteiger partial charge >= 0.3 is 0 Å². The Kier molecular flexibility index (Phi) is 3.74. The van der Waals surface area contributed by atoms with Gasteiger partial charge < -0.3 is 0 Å². The monoisotopic (exact) mass is 270 g/mol. The molecule has 102 valence electrons. The fourth-order valence-electron chi connectivity index (χ4n) is 2.07. The molecule has 2 aliphatic carbocycles. The molecule has 0 radical (unpaired) electrons. The second-order valence-electron chi connectivity index (χ2n) is 4.95. The third kappa shape index (κ3) is 2.79. The van der Waals surface area contributed by atoms with Crippen LogP contribution in [0.5, 0.6) is 0 Å². The quantitative estimate of drug-likeness (QED) is 0.733. The van der Waals surface area contributed by atoms with E-state index in [0.29, 0.717) is 22.3 Å². The molecule has 0 aromatic carbocycles. The number of carbonyl (C=O) groups is 4. The van der Waals surface area contributed by atoms with Crippen molar-refractivity contribution in [1.29, 1.82) is 0 Å². The van der Waals surface area contributed by atoms with Crippen molar-refractivity contribution in [3.63, 3.8) is 0 Å². The molecule has 0 heterocycles. The predicted octanol–water partition coefficient (Wildman–Crippen LogP) is 1.82. The van der Waals surface area contributed by atoms with E-state index in [1.165, 1.54) is 24.3 Å². The van der Waals surface area contributed by atoms with Crippen LogP contribution in [0.4, 0.5) is 0 Å². The van der Waals surface area contributed by atoms with Crippen molar-refractivity contribution in [2.24, 2.45) is 0 Å². The van der Waals surface area contributed by atoms with Gasteiger partial charge in [0.25, 0.3) is 0 Å². The summed E-state index contributed by atoms with van der Waals surface area (Å²) in [6.07, 6.45) is 5.81. The normalized spacial score (nSPS) is 19.5. The van der Waals surface area contributed by atoms with Gasteiger partial charge in [0, 0.05) is 22.3 Å². The lowest BCUT2D eigenvalue weighted by molar-refractivity contribution is -0.115. The second-order valence-corrected chi connectivity index (χ2v) is 4.95. The zero-order chi connectivity index (χ0) is 14.9. The molecule has 20 heavy (non-hydrogen) atoms. The largest absolute Gasteiger partial charge is 0.290 e. The van der Waals surface area contributed by atoms with Gasteiger partial charge in [0.15, 0.2) is 23.1 Å². The van der Waals surface area contributed by atoms with Crippen LogP contribution >= 0.6 is 0 Å². The van der Waals surface area contributed by atoms with Crippen LogP contribution in [0.2, 0.25) is 0 Å². The van der Waals surface area contributed by atoms with Crippen LogP contribution in [0, 0.1) is 0 Å². The van der Waals surface area contributed by atoms with Crippen molar-refractivity contribution in [2.75, 3.05) is 0 Å². The van der Waals surface area contributed by atoms with Gasteiger partial charge in [-0.05, 0) is 51.0 Å². The van der Waals surface area contributed by atoms with Crippen molar-refractivity contribution in [2.45, 2.75) is 26.7 Å². The molecule has 0 bridgehead atoms. The van der Waals surface area contributed by atoms with E-state index in [1.54, 1.807) is 13.8 Å². The standard InChI is InChI=1S/C16H14O4/c1-9-5-15(19)11(7-13(9)17)3-4-12-8-14(18)10(2)6-16(12)20/h5-8H,3-4H2,1-2H3. The van der Waals surface area contributed by atoms with Crippen molar-refractivity contribution < 1.29 is 19.2 Å². The first-order chi connectivity index (χ1) is 9.38. The molecule has 4 heteroatoms. The Morgan fingerprint density at radius 3 is 1.30 bits per heavy atom. The Morgan fingerprint density at radius 1 is 0.600 bits per heavy atom. The lowest BCUT2D eigenvalue weighted by Gasteiger charge is -2.12. The highest BCUT2D eigenvalue weighted by Gasteiger charge is 2.21. The molecule has 0 fully saturated rings. The van der Waals surface area contributed by atoms with Crippen molar-refractivity contribution in [3.8, 4) is 0 Å². The van der Waals surface area contributed by atoms with Crippen LogP contribution in [0.15, 0.2) is 46.6 Å².